The summed E-state index contributed by atoms with van der Waals surface area (Å²) < 4.78 is 14.5. The Labute approximate surface area is 114 Å². The van der Waals surface area contributed by atoms with E-state index in [1.807, 2.05) is 12.1 Å². The van der Waals surface area contributed by atoms with Crippen LogP contribution in [-0.2, 0) is 11.2 Å². The van der Waals surface area contributed by atoms with Gasteiger partial charge in [-0.15, -0.1) is 10.2 Å². The van der Waals surface area contributed by atoms with Crippen molar-refractivity contribution >= 4 is 17.5 Å². The van der Waals surface area contributed by atoms with Crippen molar-refractivity contribution in [3.63, 3.8) is 0 Å². The number of anilines is 1. The number of rotatable bonds is 3. The van der Waals surface area contributed by atoms with Crippen molar-refractivity contribution in [3.05, 3.63) is 60.0 Å². The van der Waals surface area contributed by atoms with Crippen LogP contribution in [0.3, 0.4) is 0 Å². The van der Waals surface area contributed by atoms with Gasteiger partial charge in [0, 0.05) is 6.20 Å². The minimum Gasteiger partial charge on any atom is -0.294 e. The molecule has 20 heavy (non-hydrogen) atoms. The average Bonchev–Trinajstić information content (AvgIpc) is 2.85. The molecule has 2 heterocycles. The molecule has 0 unspecified atom stereocenters. The Balaban J connectivity index is 1.74. The number of benzene rings is 1. The van der Waals surface area contributed by atoms with Gasteiger partial charge in [0.15, 0.2) is 5.65 Å². The van der Waals surface area contributed by atoms with Gasteiger partial charge in [-0.2, -0.15) is 0 Å². The third kappa shape index (κ3) is 2.49. The van der Waals surface area contributed by atoms with Crippen LogP contribution >= 0.6 is 0 Å². The highest BCUT2D eigenvalue weighted by Crippen LogP contribution is 2.09. The van der Waals surface area contributed by atoms with E-state index in [-0.39, 0.29) is 18.1 Å². The molecular formula is C14H11FN4O. The molecule has 0 fully saturated rings. The van der Waals surface area contributed by atoms with Crippen molar-refractivity contribution in [3.8, 4) is 0 Å². The molecule has 5 nitrogen and oxygen atoms in total. The number of aromatic nitrogens is 3. The minimum absolute atomic E-state index is 0.155. The molecule has 6 heteroatoms. The summed E-state index contributed by atoms with van der Waals surface area (Å²) in [5.41, 5.74) is 1.39. The van der Waals surface area contributed by atoms with Gasteiger partial charge < -0.3 is 0 Å². The van der Waals surface area contributed by atoms with Crippen molar-refractivity contribution in [2.75, 3.05) is 5.32 Å². The van der Waals surface area contributed by atoms with Crippen molar-refractivity contribution in [1.82, 2.24) is 14.6 Å². The molecule has 0 atom stereocenters. The summed E-state index contributed by atoms with van der Waals surface area (Å²) in [7, 11) is 0. The highest BCUT2D eigenvalue weighted by atomic mass is 19.1. The maximum atomic E-state index is 12.8. The van der Waals surface area contributed by atoms with E-state index in [2.05, 4.69) is 15.5 Å². The predicted octanol–water partition coefficient (Wildman–Crippen LogP) is 2.05. The fourth-order valence-electron chi connectivity index (χ4n) is 1.88. The number of hydrogen-bond acceptors (Lipinski definition) is 3. The molecule has 100 valence electrons. The minimum atomic E-state index is -0.322. The van der Waals surface area contributed by atoms with Gasteiger partial charge in [0.1, 0.15) is 5.82 Å². The lowest BCUT2D eigenvalue weighted by Gasteiger charge is -2.03. The fraction of sp³-hybridized carbons (Fsp3) is 0.0714. The number of hydrogen-bond donors (Lipinski definition) is 1. The van der Waals surface area contributed by atoms with Crippen LogP contribution in [0.5, 0.6) is 0 Å². The molecular weight excluding hydrogens is 259 g/mol. The molecule has 3 aromatic rings. The lowest BCUT2D eigenvalue weighted by molar-refractivity contribution is -0.115. The van der Waals surface area contributed by atoms with Crippen molar-refractivity contribution < 1.29 is 9.18 Å². The summed E-state index contributed by atoms with van der Waals surface area (Å²) >= 11 is 0. The zero-order chi connectivity index (χ0) is 13.9. The molecule has 1 aromatic carbocycles. The first-order chi connectivity index (χ1) is 9.72. The molecule has 1 N–H and O–H groups in total. The molecule has 0 aliphatic carbocycles. The van der Waals surface area contributed by atoms with Gasteiger partial charge in [-0.25, -0.2) is 4.39 Å². The Morgan fingerprint density at radius 1 is 1.15 bits per heavy atom. The quantitative estimate of drug-likeness (QED) is 0.792. The van der Waals surface area contributed by atoms with Gasteiger partial charge in [0.25, 0.3) is 0 Å². The molecule has 0 aliphatic heterocycles. The maximum absolute atomic E-state index is 12.8. The number of carbonyl (C=O) groups is 1. The van der Waals surface area contributed by atoms with E-state index in [4.69, 9.17) is 0 Å². The van der Waals surface area contributed by atoms with Crippen LogP contribution in [0, 0.1) is 5.82 Å². The number of amides is 1. The van der Waals surface area contributed by atoms with Gasteiger partial charge >= 0.3 is 0 Å². The highest BCUT2D eigenvalue weighted by molar-refractivity contribution is 5.90. The summed E-state index contributed by atoms with van der Waals surface area (Å²) in [6.45, 7) is 0. The number of nitrogens with one attached hydrogen (secondary N) is 1. The lowest BCUT2D eigenvalue weighted by Crippen LogP contribution is -2.16. The van der Waals surface area contributed by atoms with Crippen molar-refractivity contribution in [2.45, 2.75) is 6.42 Å². The van der Waals surface area contributed by atoms with Crippen LogP contribution < -0.4 is 5.32 Å². The van der Waals surface area contributed by atoms with Crippen molar-refractivity contribution in [2.24, 2.45) is 0 Å². The normalized spacial score (nSPS) is 10.7. The van der Waals surface area contributed by atoms with Crippen LogP contribution in [-0.4, -0.2) is 20.5 Å². The van der Waals surface area contributed by atoms with E-state index >= 15 is 0 Å². The van der Waals surface area contributed by atoms with E-state index in [0.29, 0.717) is 11.6 Å². The third-order valence-electron chi connectivity index (χ3n) is 2.84. The molecule has 1 amide bonds. The number of pyridine rings is 1. The van der Waals surface area contributed by atoms with Crippen LogP contribution in [0.25, 0.3) is 5.65 Å². The molecule has 0 saturated carbocycles. The van der Waals surface area contributed by atoms with E-state index < -0.39 is 0 Å². The van der Waals surface area contributed by atoms with Crippen LogP contribution in [0.4, 0.5) is 10.3 Å². The fourth-order valence-corrected chi connectivity index (χ4v) is 1.88. The SMILES string of the molecule is O=C(Cc1ccc(F)cc1)Nc1nnc2ccccn12. The third-order valence-corrected chi connectivity index (χ3v) is 2.84. The zero-order valence-electron chi connectivity index (χ0n) is 10.5. The molecule has 0 saturated heterocycles. The monoisotopic (exact) mass is 270 g/mol. The summed E-state index contributed by atoms with van der Waals surface area (Å²) in [5, 5.41) is 10.5. The Morgan fingerprint density at radius 2 is 1.95 bits per heavy atom. The lowest BCUT2D eigenvalue weighted by atomic mass is 10.1. The molecule has 3 rings (SSSR count). The van der Waals surface area contributed by atoms with E-state index in [1.54, 1.807) is 28.8 Å². The van der Waals surface area contributed by atoms with Crippen LogP contribution in [0.1, 0.15) is 5.56 Å². The van der Waals surface area contributed by atoms with Crippen LogP contribution in [0.2, 0.25) is 0 Å². The molecule has 0 aliphatic rings. The van der Waals surface area contributed by atoms with Gasteiger partial charge in [0.05, 0.1) is 6.42 Å². The molecule has 0 radical (unpaired) electrons. The first kappa shape index (κ1) is 12.3. The Hall–Kier alpha value is -2.76. The number of nitrogens with zero attached hydrogens (tertiary/aromatic N) is 3. The van der Waals surface area contributed by atoms with E-state index in [9.17, 15) is 9.18 Å². The molecule has 0 bridgehead atoms. The van der Waals surface area contributed by atoms with Crippen LogP contribution in [0.15, 0.2) is 48.7 Å². The second-order valence-electron chi connectivity index (χ2n) is 4.30. The van der Waals surface area contributed by atoms with E-state index in [1.165, 1.54) is 12.1 Å². The largest absolute Gasteiger partial charge is 0.294 e. The predicted molar refractivity (Wildman–Crippen MR) is 71.7 cm³/mol. The summed E-state index contributed by atoms with van der Waals surface area (Å²) in [5.74, 6) is -0.180. The number of halogens is 1. The summed E-state index contributed by atoms with van der Waals surface area (Å²) in [6.07, 6.45) is 1.92. The Kier molecular flexibility index (Phi) is 3.12. The maximum Gasteiger partial charge on any atom is 0.235 e. The van der Waals surface area contributed by atoms with Gasteiger partial charge in [-0.3, -0.25) is 14.5 Å². The zero-order valence-corrected chi connectivity index (χ0v) is 10.5. The van der Waals surface area contributed by atoms with E-state index in [0.717, 1.165) is 5.56 Å². The second-order valence-corrected chi connectivity index (χ2v) is 4.30. The Morgan fingerprint density at radius 3 is 2.75 bits per heavy atom. The Bertz CT molecular complexity index is 751. The first-order valence-corrected chi connectivity index (χ1v) is 6.06. The summed E-state index contributed by atoms with van der Waals surface area (Å²) in [6, 6.07) is 11.3. The standard InChI is InChI=1S/C14H11FN4O/c15-11-6-4-10(5-7-11)9-13(20)16-14-18-17-12-3-1-2-8-19(12)14/h1-8H,9H2,(H,16,18,20). The topological polar surface area (TPSA) is 59.3 Å². The average molecular weight is 270 g/mol. The second kappa shape index (κ2) is 5.08. The summed E-state index contributed by atoms with van der Waals surface area (Å²) in [4.78, 5) is 11.9. The van der Waals surface area contributed by atoms with Gasteiger partial charge in [0.2, 0.25) is 11.9 Å². The molecule has 0 spiro atoms. The molecule has 2 aromatic heterocycles. The smallest absolute Gasteiger partial charge is 0.235 e. The van der Waals surface area contributed by atoms with Gasteiger partial charge in [-0.1, -0.05) is 18.2 Å². The first-order valence-electron chi connectivity index (χ1n) is 6.06. The number of fused-ring (bicyclic) bond motifs is 1. The highest BCUT2D eigenvalue weighted by Gasteiger charge is 2.09. The van der Waals surface area contributed by atoms with Crippen molar-refractivity contribution in [1.29, 1.82) is 0 Å². The number of carbonyl (C=O) groups excluding carboxylic acids is 1. The van der Waals surface area contributed by atoms with Gasteiger partial charge in [-0.05, 0) is 29.8 Å².